The Morgan fingerprint density at radius 3 is 1.78 bits per heavy atom. The van der Waals surface area contributed by atoms with Gasteiger partial charge in [0.2, 0.25) is 0 Å². The van der Waals surface area contributed by atoms with E-state index in [2.05, 4.69) is 66.9 Å². The normalized spacial score (nSPS) is 12.4. The Labute approximate surface area is 107 Å². The Balaban J connectivity index is 2.53. The molecule has 1 heterocycles. The van der Waals surface area contributed by atoms with Crippen LogP contribution in [0, 0.1) is 0 Å². The Morgan fingerprint density at radius 2 is 1.33 bits per heavy atom. The number of nitrogens with two attached hydrogens (primary N) is 1. The first-order valence-corrected chi connectivity index (χ1v) is 6.34. The fourth-order valence-electron chi connectivity index (χ4n) is 2.67. The number of rotatable bonds is 2. The van der Waals surface area contributed by atoms with Crippen LogP contribution in [0.1, 0.15) is 13.8 Å². The standard InChI is InChI=1S/C16H18N2/c1-16(2,11-17)18-14-9-5-3-7-12(14)13-8-4-6-10-15(13)18/h3-10H,11,17H2,1-2H3. The molecule has 0 amide bonds. The topological polar surface area (TPSA) is 30.9 Å². The van der Waals surface area contributed by atoms with Crippen molar-refractivity contribution in [1.29, 1.82) is 0 Å². The molecule has 0 bridgehead atoms. The summed E-state index contributed by atoms with van der Waals surface area (Å²) in [5, 5.41) is 2.60. The molecule has 0 fully saturated rings. The molecule has 1 aromatic heterocycles. The van der Waals surface area contributed by atoms with Crippen molar-refractivity contribution in [3.8, 4) is 0 Å². The molecule has 0 aliphatic rings. The third-order valence-corrected chi connectivity index (χ3v) is 3.68. The van der Waals surface area contributed by atoms with E-state index < -0.39 is 0 Å². The fraction of sp³-hybridized carbons (Fsp3) is 0.250. The zero-order valence-electron chi connectivity index (χ0n) is 10.9. The van der Waals surface area contributed by atoms with Gasteiger partial charge >= 0.3 is 0 Å². The Kier molecular flexibility index (Phi) is 2.42. The first kappa shape index (κ1) is 11.3. The highest BCUT2D eigenvalue weighted by Crippen LogP contribution is 2.33. The molecule has 0 atom stereocenters. The van der Waals surface area contributed by atoms with Crippen LogP contribution in [0.15, 0.2) is 48.5 Å². The van der Waals surface area contributed by atoms with Crippen molar-refractivity contribution in [2.24, 2.45) is 5.73 Å². The molecule has 0 unspecified atom stereocenters. The third-order valence-electron chi connectivity index (χ3n) is 3.68. The zero-order valence-corrected chi connectivity index (χ0v) is 10.9. The van der Waals surface area contributed by atoms with E-state index in [1.54, 1.807) is 0 Å². The smallest absolute Gasteiger partial charge is 0.0517 e. The predicted octanol–water partition coefficient (Wildman–Crippen LogP) is 3.49. The lowest BCUT2D eigenvalue weighted by molar-refractivity contribution is 0.390. The van der Waals surface area contributed by atoms with Crippen molar-refractivity contribution >= 4 is 21.8 Å². The summed E-state index contributed by atoms with van der Waals surface area (Å²) in [6.07, 6.45) is 0. The molecule has 0 saturated carbocycles. The van der Waals surface area contributed by atoms with Gasteiger partial charge in [-0.25, -0.2) is 0 Å². The quantitative estimate of drug-likeness (QED) is 0.728. The van der Waals surface area contributed by atoms with E-state index in [1.165, 1.54) is 21.8 Å². The van der Waals surface area contributed by atoms with Gasteiger partial charge in [0.1, 0.15) is 0 Å². The van der Waals surface area contributed by atoms with Crippen molar-refractivity contribution in [2.75, 3.05) is 6.54 Å². The summed E-state index contributed by atoms with van der Waals surface area (Å²) in [6.45, 7) is 4.99. The number of nitrogens with zero attached hydrogens (tertiary/aromatic N) is 1. The summed E-state index contributed by atoms with van der Waals surface area (Å²) in [4.78, 5) is 0. The van der Waals surface area contributed by atoms with Gasteiger partial charge in [-0.1, -0.05) is 36.4 Å². The van der Waals surface area contributed by atoms with E-state index in [0.717, 1.165) is 0 Å². The lowest BCUT2D eigenvalue weighted by Crippen LogP contribution is -2.34. The van der Waals surface area contributed by atoms with Crippen molar-refractivity contribution in [3.63, 3.8) is 0 Å². The molecule has 0 radical (unpaired) electrons. The molecule has 3 aromatic rings. The van der Waals surface area contributed by atoms with Crippen LogP contribution in [0.4, 0.5) is 0 Å². The first-order valence-electron chi connectivity index (χ1n) is 6.34. The fourth-order valence-corrected chi connectivity index (χ4v) is 2.67. The summed E-state index contributed by atoms with van der Waals surface area (Å²) >= 11 is 0. The molecule has 92 valence electrons. The molecule has 3 rings (SSSR count). The molecule has 2 N–H and O–H groups in total. The van der Waals surface area contributed by atoms with E-state index in [9.17, 15) is 0 Å². The van der Waals surface area contributed by atoms with E-state index in [1.807, 2.05) is 0 Å². The number of fused-ring (bicyclic) bond motifs is 3. The number of hydrogen-bond donors (Lipinski definition) is 1. The maximum Gasteiger partial charge on any atom is 0.0517 e. The largest absolute Gasteiger partial charge is 0.334 e. The Hall–Kier alpha value is -1.80. The SMILES string of the molecule is CC(C)(CN)n1c2ccccc2c2ccccc21. The van der Waals surface area contributed by atoms with Gasteiger partial charge in [-0.2, -0.15) is 0 Å². The van der Waals surface area contributed by atoms with Crippen LogP contribution < -0.4 is 5.73 Å². The number of para-hydroxylation sites is 2. The lowest BCUT2D eigenvalue weighted by atomic mass is 10.1. The molecular formula is C16H18N2. The number of hydrogen-bond acceptors (Lipinski definition) is 1. The van der Waals surface area contributed by atoms with Crippen molar-refractivity contribution in [3.05, 3.63) is 48.5 Å². The number of benzene rings is 2. The monoisotopic (exact) mass is 238 g/mol. The molecule has 2 heteroatoms. The summed E-state index contributed by atoms with van der Waals surface area (Å²) in [6, 6.07) is 17.1. The summed E-state index contributed by atoms with van der Waals surface area (Å²) in [5.74, 6) is 0. The van der Waals surface area contributed by atoms with Gasteiger partial charge in [-0.05, 0) is 26.0 Å². The highest BCUT2D eigenvalue weighted by Gasteiger charge is 2.22. The highest BCUT2D eigenvalue weighted by molar-refractivity contribution is 6.08. The second kappa shape index (κ2) is 3.85. The van der Waals surface area contributed by atoms with Crippen LogP contribution in [-0.4, -0.2) is 11.1 Å². The van der Waals surface area contributed by atoms with Crippen LogP contribution in [-0.2, 0) is 5.54 Å². The molecule has 0 aliphatic heterocycles. The van der Waals surface area contributed by atoms with Crippen molar-refractivity contribution in [2.45, 2.75) is 19.4 Å². The lowest BCUT2D eigenvalue weighted by Gasteiger charge is -2.27. The second-order valence-corrected chi connectivity index (χ2v) is 5.39. The first-order chi connectivity index (χ1) is 8.65. The van der Waals surface area contributed by atoms with Gasteiger partial charge in [-0.15, -0.1) is 0 Å². The Bertz CT molecular complexity index is 654. The zero-order chi connectivity index (χ0) is 12.8. The van der Waals surface area contributed by atoms with Crippen molar-refractivity contribution in [1.82, 2.24) is 4.57 Å². The highest BCUT2D eigenvalue weighted by atomic mass is 15.1. The maximum absolute atomic E-state index is 5.96. The van der Waals surface area contributed by atoms with E-state index in [-0.39, 0.29) is 5.54 Å². The van der Waals surface area contributed by atoms with Gasteiger partial charge < -0.3 is 10.3 Å². The van der Waals surface area contributed by atoms with Crippen LogP contribution in [0.2, 0.25) is 0 Å². The van der Waals surface area contributed by atoms with Gasteiger partial charge in [0.15, 0.2) is 0 Å². The van der Waals surface area contributed by atoms with Crippen molar-refractivity contribution < 1.29 is 0 Å². The molecule has 2 aromatic carbocycles. The molecule has 0 spiro atoms. The average Bonchev–Trinajstić information content (AvgIpc) is 2.74. The van der Waals surface area contributed by atoms with Gasteiger partial charge in [0.05, 0.1) is 5.54 Å². The Morgan fingerprint density at radius 1 is 0.889 bits per heavy atom. The summed E-state index contributed by atoms with van der Waals surface area (Å²) < 4.78 is 2.36. The van der Waals surface area contributed by atoms with Gasteiger partial charge in [-0.3, -0.25) is 0 Å². The van der Waals surface area contributed by atoms with Gasteiger partial charge in [0.25, 0.3) is 0 Å². The predicted molar refractivity (Wildman–Crippen MR) is 77.8 cm³/mol. The van der Waals surface area contributed by atoms with Crippen LogP contribution in [0.5, 0.6) is 0 Å². The summed E-state index contributed by atoms with van der Waals surface area (Å²) in [7, 11) is 0. The molecular weight excluding hydrogens is 220 g/mol. The van der Waals surface area contributed by atoms with Crippen LogP contribution in [0.3, 0.4) is 0 Å². The van der Waals surface area contributed by atoms with E-state index in [4.69, 9.17) is 5.73 Å². The minimum atomic E-state index is -0.0806. The average molecular weight is 238 g/mol. The van der Waals surface area contributed by atoms with E-state index in [0.29, 0.717) is 6.54 Å². The maximum atomic E-state index is 5.96. The third kappa shape index (κ3) is 1.46. The number of aromatic nitrogens is 1. The molecule has 0 aliphatic carbocycles. The van der Waals surface area contributed by atoms with Crippen LogP contribution >= 0.6 is 0 Å². The van der Waals surface area contributed by atoms with E-state index >= 15 is 0 Å². The summed E-state index contributed by atoms with van der Waals surface area (Å²) in [5.41, 5.74) is 8.40. The molecule has 0 saturated heterocycles. The van der Waals surface area contributed by atoms with Crippen LogP contribution in [0.25, 0.3) is 21.8 Å². The minimum absolute atomic E-state index is 0.0806. The molecule has 18 heavy (non-hydrogen) atoms. The van der Waals surface area contributed by atoms with Gasteiger partial charge in [0, 0.05) is 28.4 Å². The second-order valence-electron chi connectivity index (χ2n) is 5.39. The minimum Gasteiger partial charge on any atom is -0.334 e. The molecule has 2 nitrogen and oxygen atoms in total.